The number of benzene rings is 5. The number of aryl methyl sites for hydroxylation is 1. The quantitative estimate of drug-likeness (QED) is 0.0919. The number of halogens is 5. The van der Waals surface area contributed by atoms with Crippen molar-refractivity contribution in [2.45, 2.75) is 32.6 Å². The van der Waals surface area contributed by atoms with Gasteiger partial charge in [-0.15, -0.1) is 0 Å². The van der Waals surface area contributed by atoms with Crippen molar-refractivity contribution in [2.75, 3.05) is 6.61 Å². The van der Waals surface area contributed by atoms with Crippen molar-refractivity contribution in [1.82, 2.24) is 0 Å². The Hall–Kier alpha value is -4.45. The van der Waals surface area contributed by atoms with Gasteiger partial charge in [0.05, 0.1) is 0 Å². The van der Waals surface area contributed by atoms with Crippen LogP contribution in [-0.2, 0) is 6.42 Å². The van der Waals surface area contributed by atoms with E-state index in [2.05, 4.69) is 13.5 Å². The zero-order chi connectivity index (χ0) is 29.8. The molecule has 0 aliphatic heterocycles. The highest BCUT2D eigenvalue weighted by molar-refractivity contribution is 5.89. The Kier molecular flexibility index (Phi) is 8.72. The lowest BCUT2D eigenvalue weighted by Crippen LogP contribution is -1.99. The molecule has 42 heavy (non-hydrogen) atoms. The first kappa shape index (κ1) is 29.1. The van der Waals surface area contributed by atoms with Crippen LogP contribution in [0, 0.1) is 29.1 Å². The zero-order valence-corrected chi connectivity index (χ0v) is 23.1. The molecule has 0 heterocycles. The van der Waals surface area contributed by atoms with E-state index in [4.69, 9.17) is 4.74 Å². The summed E-state index contributed by atoms with van der Waals surface area (Å²) in [4.78, 5) is 0. The molecule has 0 aliphatic carbocycles. The van der Waals surface area contributed by atoms with E-state index in [1.165, 1.54) is 60.7 Å². The van der Waals surface area contributed by atoms with Crippen molar-refractivity contribution >= 4 is 10.8 Å². The summed E-state index contributed by atoms with van der Waals surface area (Å²) in [6.45, 7) is 5.64. The average Bonchev–Trinajstić information content (AvgIpc) is 3.00. The normalized spacial score (nSPS) is 11.2. The van der Waals surface area contributed by atoms with Gasteiger partial charge in [-0.05, 0) is 47.1 Å². The van der Waals surface area contributed by atoms with Crippen LogP contribution in [0.1, 0.15) is 31.7 Å². The van der Waals surface area contributed by atoms with Crippen molar-refractivity contribution in [3.63, 3.8) is 0 Å². The monoisotopic (exact) mass is 572 g/mol. The van der Waals surface area contributed by atoms with Gasteiger partial charge in [0.2, 0.25) is 5.82 Å². The van der Waals surface area contributed by atoms with Crippen LogP contribution in [0.3, 0.4) is 0 Å². The van der Waals surface area contributed by atoms with Crippen LogP contribution in [0.5, 0.6) is 5.75 Å². The van der Waals surface area contributed by atoms with Gasteiger partial charge in [-0.3, -0.25) is 0 Å². The fourth-order valence-electron chi connectivity index (χ4n) is 5.11. The number of fused-ring (bicyclic) bond motifs is 1. The molecule has 0 bridgehead atoms. The molecular formula is C36H29F5O. The molecule has 0 aliphatic rings. The van der Waals surface area contributed by atoms with Gasteiger partial charge in [-0.25, -0.2) is 17.6 Å². The minimum atomic E-state index is -1.17. The lowest BCUT2D eigenvalue weighted by molar-refractivity contribution is 0.333. The van der Waals surface area contributed by atoms with E-state index < -0.39 is 29.1 Å². The topological polar surface area (TPSA) is 9.23 Å². The van der Waals surface area contributed by atoms with Gasteiger partial charge in [0.1, 0.15) is 12.4 Å². The molecule has 0 amide bonds. The maximum atomic E-state index is 15.5. The molecule has 0 N–H and O–H groups in total. The van der Waals surface area contributed by atoms with Crippen LogP contribution >= 0.6 is 0 Å². The molecule has 0 aromatic heterocycles. The predicted octanol–water partition coefficient (Wildman–Crippen LogP) is 10.8. The molecule has 6 heteroatoms. The van der Waals surface area contributed by atoms with Crippen LogP contribution in [0.15, 0.2) is 91.5 Å². The Morgan fingerprint density at radius 1 is 0.619 bits per heavy atom. The first-order chi connectivity index (χ1) is 20.3. The van der Waals surface area contributed by atoms with E-state index in [-0.39, 0.29) is 34.6 Å². The van der Waals surface area contributed by atoms with E-state index in [0.717, 1.165) is 31.2 Å². The van der Waals surface area contributed by atoms with Crippen molar-refractivity contribution in [3.05, 3.63) is 126 Å². The highest BCUT2D eigenvalue weighted by atomic mass is 19.2. The summed E-state index contributed by atoms with van der Waals surface area (Å²) in [5.74, 6) is -5.37. The second-order valence-electron chi connectivity index (χ2n) is 10.1. The maximum absolute atomic E-state index is 15.5. The van der Waals surface area contributed by atoms with Gasteiger partial charge in [0, 0.05) is 27.6 Å². The molecular weight excluding hydrogens is 543 g/mol. The Balaban J connectivity index is 1.43. The van der Waals surface area contributed by atoms with Crippen molar-refractivity contribution < 1.29 is 26.7 Å². The van der Waals surface area contributed by atoms with Crippen LogP contribution in [-0.4, -0.2) is 6.61 Å². The molecule has 0 atom stereocenters. The van der Waals surface area contributed by atoms with Crippen molar-refractivity contribution in [3.8, 4) is 39.1 Å². The van der Waals surface area contributed by atoms with Crippen LogP contribution < -0.4 is 4.74 Å². The van der Waals surface area contributed by atoms with E-state index >= 15 is 13.2 Å². The van der Waals surface area contributed by atoms with Gasteiger partial charge >= 0.3 is 0 Å². The maximum Gasteiger partial charge on any atom is 0.201 e. The van der Waals surface area contributed by atoms with Crippen LogP contribution in [0.25, 0.3) is 44.2 Å². The molecule has 5 rings (SSSR count). The summed E-state index contributed by atoms with van der Waals surface area (Å²) >= 11 is 0. The number of hydrogen-bond acceptors (Lipinski definition) is 1. The molecule has 5 aromatic rings. The molecule has 1 nitrogen and oxygen atoms in total. The van der Waals surface area contributed by atoms with E-state index in [1.807, 2.05) is 12.1 Å². The second-order valence-corrected chi connectivity index (χ2v) is 10.1. The van der Waals surface area contributed by atoms with Gasteiger partial charge in [-0.2, -0.15) is 4.39 Å². The Labute approximate surface area is 241 Å². The highest BCUT2D eigenvalue weighted by Gasteiger charge is 2.20. The largest absolute Gasteiger partial charge is 0.486 e. The lowest BCUT2D eigenvalue weighted by atomic mass is 9.94. The lowest BCUT2D eigenvalue weighted by Gasteiger charge is -2.13. The smallest absolute Gasteiger partial charge is 0.201 e. The van der Waals surface area contributed by atoms with Gasteiger partial charge in [0.25, 0.3) is 0 Å². The van der Waals surface area contributed by atoms with E-state index in [9.17, 15) is 8.78 Å². The minimum Gasteiger partial charge on any atom is -0.486 e. The standard InChI is InChI=1S/C36H29F5O/c1-3-5-6-7-22-8-14-28-25(21-22)13-15-29(32(28)37)30-17-16-26(33(38)35(30)40)23-9-11-24(12-10-23)27-18-19-31(42-20-4-2)36(41)34(27)39/h4,8-19,21H,2-3,5-7,20H2,1H3. The SMILES string of the molecule is C=CCOc1ccc(-c2ccc(-c3ccc(-c4ccc5cc(CCCCC)ccc5c4F)c(F)c3F)cc2)c(F)c1F. The first-order valence-corrected chi connectivity index (χ1v) is 13.9. The highest BCUT2D eigenvalue weighted by Crippen LogP contribution is 2.36. The molecule has 0 saturated heterocycles. The number of rotatable bonds is 10. The third-order valence-corrected chi connectivity index (χ3v) is 7.37. The summed E-state index contributed by atoms with van der Waals surface area (Å²) in [6.07, 6.45) is 5.60. The molecule has 214 valence electrons. The van der Waals surface area contributed by atoms with E-state index in [1.54, 1.807) is 12.1 Å². The molecule has 0 spiro atoms. The van der Waals surface area contributed by atoms with Gasteiger partial charge in [-0.1, -0.05) is 99.2 Å². The third-order valence-electron chi connectivity index (χ3n) is 7.37. The second kappa shape index (κ2) is 12.6. The summed E-state index contributed by atoms with van der Waals surface area (Å²) < 4.78 is 80.5. The van der Waals surface area contributed by atoms with Crippen LogP contribution in [0.4, 0.5) is 22.0 Å². The molecule has 0 fully saturated rings. The Bertz CT molecular complexity index is 1760. The van der Waals surface area contributed by atoms with Gasteiger partial charge in [0.15, 0.2) is 23.2 Å². The average molecular weight is 573 g/mol. The van der Waals surface area contributed by atoms with Gasteiger partial charge < -0.3 is 4.74 Å². The number of hydrogen-bond donors (Lipinski definition) is 0. The Morgan fingerprint density at radius 3 is 1.86 bits per heavy atom. The number of ether oxygens (including phenoxy) is 1. The summed E-state index contributed by atoms with van der Waals surface area (Å²) in [6, 6.07) is 20.1. The number of unbranched alkanes of at least 4 members (excludes halogenated alkanes) is 2. The molecule has 0 saturated carbocycles. The predicted molar refractivity (Wildman–Crippen MR) is 159 cm³/mol. The summed E-state index contributed by atoms with van der Waals surface area (Å²) in [7, 11) is 0. The fourth-order valence-corrected chi connectivity index (χ4v) is 5.11. The van der Waals surface area contributed by atoms with E-state index in [0.29, 0.717) is 21.9 Å². The summed E-state index contributed by atoms with van der Waals surface area (Å²) in [5, 5.41) is 1.05. The zero-order valence-electron chi connectivity index (χ0n) is 23.1. The fraction of sp³-hybridized carbons (Fsp3) is 0.167. The third kappa shape index (κ3) is 5.67. The Morgan fingerprint density at radius 2 is 1.19 bits per heavy atom. The van der Waals surface area contributed by atoms with Crippen molar-refractivity contribution in [1.29, 1.82) is 0 Å². The molecule has 0 radical (unpaired) electrons. The summed E-state index contributed by atoms with van der Waals surface area (Å²) in [5.41, 5.74) is 1.51. The van der Waals surface area contributed by atoms with Crippen LogP contribution in [0.2, 0.25) is 0 Å². The molecule has 5 aromatic carbocycles. The minimum absolute atomic E-state index is 0.00753. The van der Waals surface area contributed by atoms with Crippen molar-refractivity contribution in [2.24, 2.45) is 0 Å². The molecule has 0 unspecified atom stereocenters. The first-order valence-electron chi connectivity index (χ1n) is 13.9.